The smallest absolute Gasteiger partial charge is 0.406 e. The van der Waals surface area contributed by atoms with Crippen molar-refractivity contribution in [1.82, 2.24) is 9.88 Å². The molecule has 0 aliphatic carbocycles. The molecule has 9 heteroatoms. The van der Waals surface area contributed by atoms with Crippen LogP contribution in [-0.2, 0) is 4.79 Å². The first-order valence-electron chi connectivity index (χ1n) is 6.12. The van der Waals surface area contributed by atoms with Gasteiger partial charge >= 0.3 is 12.1 Å². The summed E-state index contributed by atoms with van der Waals surface area (Å²) in [4.78, 5) is 28.6. The van der Waals surface area contributed by atoms with Crippen LogP contribution in [0.2, 0.25) is 0 Å². The van der Waals surface area contributed by atoms with Gasteiger partial charge in [-0.05, 0) is 20.3 Å². The van der Waals surface area contributed by atoms with Gasteiger partial charge in [0.1, 0.15) is 4.88 Å². The summed E-state index contributed by atoms with van der Waals surface area (Å²) >= 11 is 1.09. The minimum absolute atomic E-state index is 0.235. The molecular weight excluding hydrogens is 309 g/mol. The van der Waals surface area contributed by atoms with Crippen molar-refractivity contribution in [1.29, 1.82) is 0 Å². The van der Waals surface area contributed by atoms with Crippen LogP contribution in [0.15, 0.2) is 0 Å². The monoisotopic (exact) mass is 322 g/mol. The number of amides is 1. The predicted octanol–water partition coefficient (Wildman–Crippen LogP) is 2.24. The fraction of sp³-hybridized carbons (Fsp3) is 0.583. The molecule has 1 aliphatic heterocycles. The number of halogens is 3. The molecule has 116 valence electrons. The summed E-state index contributed by atoms with van der Waals surface area (Å²) in [6, 6.07) is 0. The number of carbonyl (C=O) groups is 2. The second-order valence-corrected chi connectivity index (χ2v) is 6.21. The molecule has 1 amide bonds. The van der Waals surface area contributed by atoms with E-state index >= 15 is 0 Å². The number of likely N-dealkylation sites (tertiary alicyclic amines) is 1. The largest absolute Gasteiger partial charge is 0.481 e. The highest BCUT2D eigenvalue weighted by atomic mass is 32.1. The molecule has 1 unspecified atom stereocenters. The van der Waals surface area contributed by atoms with Crippen molar-refractivity contribution < 1.29 is 27.9 Å². The molecule has 1 fully saturated rings. The van der Waals surface area contributed by atoms with Gasteiger partial charge in [-0.25, -0.2) is 4.98 Å². The summed E-state index contributed by atoms with van der Waals surface area (Å²) in [5.41, 5.74) is -2.43. The van der Waals surface area contributed by atoms with Crippen LogP contribution in [0.25, 0.3) is 0 Å². The van der Waals surface area contributed by atoms with Gasteiger partial charge in [-0.15, -0.1) is 11.3 Å². The molecule has 0 bridgehead atoms. The van der Waals surface area contributed by atoms with Crippen molar-refractivity contribution in [2.75, 3.05) is 13.1 Å². The number of carboxylic acids is 1. The Balaban J connectivity index is 2.28. The number of hydrogen-bond acceptors (Lipinski definition) is 4. The third kappa shape index (κ3) is 2.50. The first kappa shape index (κ1) is 15.7. The minimum atomic E-state index is -4.90. The van der Waals surface area contributed by atoms with Crippen molar-refractivity contribution in [2.24, 2.45) is 5.41 Å². The molecular formula is C12H13F3N2O3S. The first-order valence-corrected chi connectivity index (χ1v) is 6.93. The lowest BCUT2D eigenvalue weighted by Gasteiger charge is -2.27. The Morgan fingerprint density at radius 1 is 1.38 bits per heavy atom. The van der Waals surface area contributed by atoms with E-state index in [2.05, 4.69) is 4.98 Å². The molecule has 0 aromatic carbocycles. The zero-order valence-corrected chi connectivity index (χ0v) is 12.1. The van der Waals surface area contributed by atoms with Crippen molar-refractivity contribution in [3.05, 3.63) is 15.6 Å². The summed E-state index contributed by atoms with van der Waals surface area (Å²) in [5.74, 6) is -2.53. The Bertz CT molecular complexity index is 599. The Kier molecular flexibility index (Phi) is 3.73. The van der Waals surface area contributed by atoms with Gasteiger partial charge in [-0.2, -0.15) is 13.2 Å². The van der Waals surface area contributed by atoms with Gasteiger partial charge in [0, 0.05) is 13.1 Å². The highest BCUT2D eigenvalue weighted by Crippen LogP contribution is 2.46. The average molecular weight is 322 g/mol. The molecule has 21 heavy (non-hydrogen) atoms. The van der Waals surface area contributed by atoms with Gasteiger partial charge in [0.05, 0.1) is 10.7 Å². The normalized spacial score (nSPS) is 22.6. The second kappa shape index (κ2) is 4.97. The molecule has 2 heterocycles. The van der Waals surface area contributed by atoms with Gasteiger partial charge in [0.2, 0.25) is 0 Å². The molecule has 1 atom stereocenters. The highest BCUT2D eigenvalue weighted by molar-refractivity contribution is 7.13. The van der Waals surface area contributed by atoms with Crippen LogP contribution < -0.4 is 0 Å². The van der Waals surface area contributed by atoms with Crippen LogP contribution in [0.3, 0.4) is 0 Å². The van der Waals surface area contributed by atoms with Gasteiger partial charge in [0.25, 0.3) is 5.91 Å². The minimum Gasteiger partial charge on any atom is -0.481 e. The van der Waals surface area contributed by atoms with Crippen molar-refractivity contribution in [2.45, 2.75) is 26.4 Å². The van der Waals surface area contributed by atoms with Gasteiger partial charge in [-0.3, -0.25) is 9.59 Å². The number of hydrogen-bond donors (Lipinski definition) is 1. The maximum absolute atomic E-state index is 13.1. The predicted molar refractivity (Wildman–Crippen MR) is 68.2 cm³/mol. The van der Waals surface area contributed by atoms with E-state index in [1.165, 1.54) is 0 Å². The van der Waals surface area contributed by atoms with E-state index in [0.717, 1.165) is 16.2 Å². The van der Waals surface area contributed by atoms with Crippen LogP contribution in [0.4, 0.5) is 13.2 Å². The fourth-order valence-corrected chi connectivity index (χ4v) is 3.27. The van der Waals surface area contributed by atoms with Gasteiger partial charge < -0.3 is 10.0 Å². The van der Waals surface area contributed by atoms with E-state index in [1.807, 2.05) is 0 Å². The summed E-state index contributed by atoms with van der Waals surface area (Å²) in [5, 5.41) is 9.60. The molecule has 1 aliphatic rings. The Hall–Kier alpha value is -1.64. The van der Waals surface area contributed by atoms with E-state index in [4.69, 9.17) is 5.11 Å². The van der Waals surface area contributed by atoms with Crippen molar-refractivity contribution in [3.63, 3.8) is 0 Å². The number of thiazole rings is 1. The first-order chi connectivity index (χ1) is 9.58. The Morgan fingerprint density at radius 2 is 2.00 bits per heavy atom. The number of aromatic nitrogens is 1. The number of carboxylic acid groups (broad SMARTS) is 1. The third-order valence-electron chi connectivity index (χ3n) is 3.61. The van der Waals surface area contributed by atoms with Crippen LogP contribution in [-0.4, -0.2) is 46.1 Å². The molecule has 1 aromatic rings. The van der Waals surface area contributed by atoms with Crippen LogP contribution in [0.5, 0.6) is 0 Å². The Morgan fingerprint density at radius 3 is 2.38 bits per heavy atom. The molecule has 1 saturated heterocycles. The van der Waals surface area contributed by atoms with Crippen LogP contribution in [0, 0.1) is 19.3 Å². The second-order valence-electron chi connectivity index (χ2n) is 5.01. The number of aryl methyl sites for hydroxylation is 2. The third-order valence-corrected chi connectivity index (χ3v) is 4.67. The number of alkyl halides is 3. The number of carbonyl (C=O) groups excluding carboxylic acids is 1. The van der Waals surface area contributed by atoms with Crippen LogP contribution >= 0.6 is 11.3 Å². The quantitative estimate of drug-likeness (QED) is 0.906. The van der Waals surface area contributed by atoms with E-state index in [9.17, 15) is 22.8 Å². The summed E-state index contributed by atoms with van der Waals surface area (Å²) in [6.45, 7) is 2.19. The molecule has 1 N–H and O–H groups in total. The molecule has 2 rings (SSSR count). The maximum Gasteiger partial charge on any atom is 0.406 e. The fourth-order valence-electron chi connectivity index (χ4n) is 2.38. The highest BCUT2D eigenvalue weighted by Gasteiger charge is 2.64. The number of nitrogens with zero attached hydrogens (tertiary/aromatic N) is 2. The van der Waals surface area contributed by atoms with Crippen molar-refractivity contribution >= 4 is 23.2 Å². The zero-order chi connectivity index (χ0) is 16.0. The molecule has 1 aromatic heterocycles. The molecule has 0 saturated carbocycles. The lowest BCUT2D eigenvalue weighted by Crippen LogP contribution is -2.47. The van der Waals surface area contributed by atoms with E-state index in [-0.39, 0.29) is 11.4 Å². The lowest BCUT2D eigenvalue weighted by atomic mass is 9.86. The van der Waals surface area contributed by atoms with Crippen molar-refractivity contribution in [3.8, 4) is 0 Å². The zero-order valence-electron chi connectivity index (χ0n) is 11.3. The van der Waals surface area contributed by atoms with E-state index in [1.54, 1.807) is 13.8 Å². The molecule has 0 spiro atoms. The summed E-state index contributed by atoms with van der Waals surface area (Å²) in [7, 11) is 0. The van der Waals surface area contributed by atoms with Crippen LogP contribution in [0.1, 0.15) is 26.8 Å². The van der Waals surface area contributed by atoms with E-state index < -0.39 is 36.4 Å². The number of rotatable bonds is 2. The molecule has 5 nitrogen and oxygen atoms in total. The van der Waals surface area contributed by atoms with E-state index in [0.29, 0.717) is 10.7 Å². The Labute approximate surface area is 122 Å². The van der Waals surface area contributed by atoms with Gasteiger partial charge in [-0.1, -0.05) is 0 Å². The lowest BCUT2D eigenvalue weighted by molar-refractivity contribution is -0.227. The number of aliphatic carboxylic acids is 1. The summed E-state index contributed by atoms with van der Waals surface area (Å²) < 4.78 is 39.2. The molecule has 0 radical (unpaired) electrons. The topological polar surface area (TPSA) is 70.5 Å². The summed E-state index contributed by atoms with van der Waals surface area (Å²) in [6.07, 6.45) is -5.53. The van der Waals surface area contributed by atoms with Gasteiger partial charge in [0.15, 0.2) is 5.41 Å². The SMILES string of the molecule is Cc1nc(C)c(C(=O)N2CCC(C(=O)O)(C(F)(F)F)C2)s1. The average Bonchev–Trinajstić information content (AvgIpc) is 2.92. The maximum atomic E-state index is 13.1. The standard InChI is InChI=1S/C12H13F3N2O3S/c1-6-8(21-7(2)16-6)9(18)17-4-3-11(5-17,10(19)20)12(13,14)15/h3-5H2,1-2H3,(H,19,20).